The predicted molar refractivity (Wildman–Crippen MR) is 112 cm³/mol. The predicted octanol–water partition coefficient (Wildman–Crippen LogP) is 3.36. The van der Waals surface area contributed by atoms with Gasteiger partial charge >= 0.3 is 0 Å². The molecule has 4 aromatic rings. The van der Waals surface area contributed by atoms with Crippen molar-refractivity contribution in [1.29, 1.82) is 0 Å². The molecule has 0 aliphatic rings. The van der Waals surface area contributed by atoms with Crippen LogP contribution < -0.4 is 10.9 Å². The van der Waals surface area contributed by atoms with Gasteiger partial charge in [0.2, 0.25) is 5.91 Å². The minimum absolute atomic E-state index is 0.0479. The maximum atomic E-state index is 12.8. The van der Waals surface area contributed by atoms with Crippen LogP contribution in [0, 0.1) is 0 Å². The summed E-state index contributed by atoms with van der Waals surface area (Å²) < 4.78 is 6.04. The van der Waals surface area contributed by atoms with E-state index in [1.165, 1.54) is 17.8 Å². The Balaban J connectivity index is 1.55. The van der Waals surface area contributed by atoms with Crippen molar-refractivity contribution >= 4 is 39.1 Å². The molecule has 144 valence electrons. The number of hydrogen-bond acceptors (Lipinski definition) is 6. The molecule has 1 amide bonds. The van der Waals surface area contributed by atoms with E-state index < -0.39 is 0 Å². The van der Waals surface area contributed by atoms with Crippen LogP contribution in [0.1, 0.15) is 17.3 Å². The number of anilines is 1. The van der Waals surface area contributed by atoms with E-state index in [0.29, 0.717) is 27.2 Å². The van der Waals surface area contributed by atoms with Crippen LogP contribution in [0.25, 0.3) is 21.5 Å². The lowest BCUT2D eigenvalue weighted by Gasteiger charge is -2.07. The fraction of sp³-hybridized carbons (Fsp3) is 0.0952. The number of benzene rings is 2. The second-order valence-corrected chi connectivity index (χ2v) is 7.21. The molecule has 2 aromatic heterocycles. The largest absolute Gasteiger partial charge is 0.325 e. The number of aromatic nitrogens is 3. The molecule has 7 nitrogen and oxygen atoms in total. The SMILES string of the molecule is CC(=O)c1ccc(NC(=O)Cn2cnc3c(-c4ccccc4)nsc3c2=O)cc1. The highest BCUT2D eigenvalue weighted by molar-refractivity contribution is 7.13. The number of hydrogen-bond donors (Lipinski definition) is 1. The van der Waals surface area contributed by atoms with Crippen molar-refractivity contribution in [2.45, 2.75) is 13.5 Å². The van der Waals surface area contributed by atoms with Crippen LogP contribution in [0.15, 0.2) is 65.7 Å². The average molecular weight is 404 g/mol. The second-order valence-electron chi connectivity index (χ2n) is 6.43. The van der Waals surface area contributed by atoms with Crippen LogP contribution in [0.5, 0.6) is 0 Å². The van der Waals surface area contributed by atoms with E-state index in [2.05, 4.69) is 14.7 Å². The van der Waals surface area contributed by atoms with E-state index >= 15 is 0 Å². The van der Waals surface area contributed by atoms with Gasteiger partial charge in [0.05, 0.1) is 6.33 Å². The monoisotopic (exact) mass is 404 g/mol. The van der Waals surface area contributed by atoms with Gasteiger partial charge in [0.25, 0.3) is 5.56 Å². The molecule has 0 aliphatic heterocycles. The van der Waals surface area contributed by atoms with Crippen LogP contribution in [-0.4, -0.2) is 25.6 Å². The summed E-state index contributed by atoms with van der Waals surface area (Å²) in [5.74, 6) is -0.412. The zero-order valence-electron chi connectivity index (χ0n) is 15.5. The third-order valence-electron chi connectivity index (χ3n) is 4.39. The average Bonchev–Trinajstić information content (AvgIpc) is 3.16. The minimum atomic E-state index is -0.364. The molecule has 0 aliphatic carbocycles. The van der Waals surface area contributed by atoms with E-state index in [4.69, 9.17) is 0 Å². The van der Waals surface area contributed by atoms with Gasteiger partial charge in [-0.2, -0.15) is 4.37 Å². The topological polar surface area (TPSA) is 93.9 Å². The van der Waals surface area contributed by atoms with Crippen LogP contribution in [-0.2, 0) is 11.3 Å². The first-order valence-corrected chi connectivity index (χ1v) is 9.61. The van der Waals surface area contributed by atoms with Crippen LogP contribution >= 0.6 is 11.5 Å². The van der Waals surface area contributed by atoms with Gasteiger partial charge in [0, 0.05) is 16.8 Å². The maximum absolute atomic E-state index is 12.8. The Morgan fingerprint density at radius 2 is 1.79 bits per heavy atom. The summed E-state index contributed by atoms with van der Waals surface area (Å²) in [5, 5.41) is 2.71. The summed E-state index contributed by atoms with van der Waals surface area (Å²) in [6.07, 6.45) is 1.37. The van der Waals surface area contributed by atoms with Gasteiger partial charge in [-0.15, -0.1) is 0 Å². The fourth-order valence-corrected chi connectivity index (χ4v) is 3.70. The Morgan fingerprint density at radius 3 is 2.48 bits per heavy atom. The summed E-state index contributed by atoms with van der Waals surface area (Å²) >= 11 is 1.08. The zero-order chi connectivity index (χ0) is 20.4. The van der Waals surface area contributed by atoms with Gasteiger partial charge in [-0.3, -0.25) is 19.0 Å². The first-order valence-electron chi connectivity index (χ1n) is 8.84. The lowest BCUT2D eigenvalue weighted by atomic mass is 10.1. The second kappa shape index (κ2) is 7.76. The molecule has 29 heavy (non-hydrogen) atoms. The standard InChI is InChI=1S/C21H16N4O3S/c1-13(26)14-7-9-16(10-8-14)23-17(27)11-25-12-22-19-18(15-5-3-2-4-6-15)24-29-20(19)21(25)28/h2-10,12H,11H2,1H3,(H,23,27). The molecule has 0 bridgehead atoms. The summed E-state index contributed by atoms with van der Waals surface area (Å²) in [7, 11) is 0. The van der Waals surface area contributed by atoms with Gasteiger partial charge in [-0.1, -0.05) is 30.3 Å². The maximum Gasteiger partial charge on any atom is 0.273 e. The molecule has 0 saturated heterocycles. The number of nitrogens with one attached hydrogen (secondary N) is 1. The van der Waals surface area contributed by atoms with Crippen molar-refractivity contribution in [3.05, 3.63) is 76.8 Å². The van der Waals surface area contributed by atoms with Crippen molar-refractivity contribution in [3.8, 4) is 11.3 Å². The van der Waals surface area contributed by atoms with Crippen LogP contribution in [0.2, 0.25) is 0 Å². The lowest BCUT2D eigenvalue weighted by molar-refractivity contribution is -0.116. The number of nitrogens with zero attached hydrogens (tertiary/aromatic N) is 3. The summed E-state index contributed by atoms with van der Waals surface area (Å²) in [6, 6.07) is 16.1. The number of ketones is 1. The third kappa shape index (κ3) is 3.83. The fourth-order valence-electron chi connectivity index (χ4n) is 2.90. The number of carbonyl (C=O) groups excluding carboxylic acids is 2. The van der Waals surface area contributed by atoms with Gasteiger partial charge in [-0.05, 0) is 42.7 Å². The van der Waals surface area contributed by atoms with Crippen molar-refractivity contribution in [1.82, 2.24) is 13.9 Å². The first kappa shape index (κ1) is 18.7. The molecular formula is C21H16N4O3S. The van der Waals surface area contributed by atoms with Crippen LogP contribution in [0.3, 0.4) is 0 Å². The Hall–Kier alpha value is -3.65. The molecule has 2 heterocycles. The Kier molecular flexibility index (Phi) is 5.01. The zero-order valence-corrected chi connectivity index (χ0v) is 16.3. The number of amides is 1. The Morgan fingerprint density at radius 1 is 1.07 bits per heavy atom. The minimum Gasteiger partial charge on any atom is -0.325 e. The molecule has 0 saturated carbocycles. The number of fused-ring (bicyclic) bond motifs is 1. The highest BCUT2D eigenvalue weighted by Crippen LogP contribution is 2.26. The Bertz CT molecular complexity index is 1260. The van der Waals surface area contributed by atoms with Gasteiger partial charge < -0.3 is 5.32 Å². The van der Waals surface area contributed by atoms with E-state index in [9.17, 15) is 14.4 Å². The molecular weight excluding hydrogens is 388 g/mol. The summed E-state index contributed by atoms with van der Waals surface area (Å²) in [4.78, 5) is 40.8. The summed E-state index contributed by atoms with van der Waals surface area (Å²) in [6.45, 7) is 1.31. The normalized spacial score (nSPS) is 10.8. The molecule has 2 aromatic carbocycles. The lowest BCUT2D eigenvalue weighted by Crippen LogP contribution is -2.27. The van der Waals surface area contributed by atoms with Crippen LogP contribution in [0.4, 0.5) is 5.69 Å². The van der Waals surface area contributed by atoms with Gasteiger partial charge in [-0.25, -0.2) is 4.98 Å². The molecule has 0 radical (unpaired) electrons. The van der Waals surface area contributed by atoms with E-state index in [0.717, 1.165) is 17.1 Å². The van der Waals surface area contributed by atoms with Gasteiger partial charge in [0.1, 0.15) is 22.5 Å². The van der Waals surface area contributed by atoms with Crippen molar-refractivity contribution in [2.75, 3.05) is 5.32 Å². The number of Topliss-reactive ketones (excluding diaryl/α,β-unsaturated/α-hetero) is 1. The molecule has 0 atom stereocenters. The van der Waals surface area contributed by atoms with Crippen molar-refractivity contribution in [3.63, 3.8) is 0 Å². The molecule has 8 heteroatoms. The first-order chi connectivity index (χ1) is 14.0. The Labute approximate surface area is 169 Å². The highest BCUT2D eigenvalue weighted by atomic mass is 32.1. The van der Waals surface area contributed by atoms with Crippen molar-refractivity contribution in [2.24, 2.45) is 0 Å². The molecule has 0 spiro atoms. The van der Waals surface area contributed by atoms with Crippen molar-refractivity contribution < 1.29 is 9.59 Å². The van der Waals surface area contributed by atoms with E-state index in [1.54, 1.807) is 24.3 Å². The highest BCUT2D eigenvalue weighted by Gasteiger charge is 2.15. The summed E-state index contributed by atoms with van der Waals surface area (Å²) in [5.41, 5.74) is 2.87. The number of rotatable bonds is 5. The smallest absolute Gasteiger partial charge is 0.273 e. The van der Waals surface area contributed by atoms with E-state index in [1.807, 2.05) is 30.3 Å². The quantitative estimate of drug-likeness (QED) is 0.515. The van der Waals surface area contributed by atoms with Gasteiger partial charge in [0.15, 0.2) is 5.78 Å². The molecule has 0 unspecified atom stereocenters. The molecule has 0 fully saturated rings. The third-order valence-corrected chi connectivity index (χ3v) is 5.21. The number of carbonyl (C=O) groups is 2. The van der Waals surface area contributed by atoms with E-state index in [-0.39, 0.29) is 23.8 Å². The molecule has 4 rings (SSSR count). The molecule has 1 N–H and O–H groups in total.